The molecule has 5 amide bonds. The van der Waals surface area contributed by atoms with Gasteiger partial charge < -0.3 is 10.1 Å². The van der Waals surface area contributed by atoms with E-state index in [2.05, 4.69) is 10.6 Å². The summed E-state index contributed by atoms with van der Waals surface area (Å²) in [5.41, 5.74) is 0. The van der Waals surface area contributed by atoms with Crippen molar-refractivity contribution in [3.05, 3.63) is 0 Å². The second-order valence-corrected chi connectivity index (χ2v) is 7.81. The topological polar surface area (TPSA) is 122 Å². The van der Waals surface area contributed by atoms with Crippen molar-refractivity contribution >= 4 is 29.7 Å². The Morgan fingerprint density at radius 2 is 1.64 bits per heavy atom. The summed E-state index contributed by atoms with van der Waals surface area (Å²) in [7, 11) is 0. The average Bonchev–Trinajstić information content (AvgIpc) is 2.90. The van der Waals surface area contributed by atoms with E-state index in [1.165, 1.54) is 6.92 Å². The molecule has 9 heteroatoms. The first kappa shape index (κ1) is 21.8. The third-order valence-corrected chi connectivity index (χ3v) is 5.21. The lowest BCUT2D eigenvalue weighted by atomic mass is 9.81. The summed E-state index contributed by atoms with van der Waals surface area (Å²) in [6.45, 7) is 5.19. The van der Waals surface area contributed by atoms with Crippen LogP contribution in [0.3, 0.4) is 0 Å². The zero-order chi connectivity index (χ0) is 20.8. The molecule has 0 radical (unpaired) electrons. The van der Waals surface area contributed by atoms with Crippen LogP contribution in [0.4, 0.5) is 4.79 Å². The van der Waals surface area contributed by atoms with Crippen LogP contribution in [0, 0.1) is 17.8 Å². The summed E-state index contributed by atoms with van der Waals surface area (Å²) < 4.78 is 4.89. The van der Waals surface area contributed by atoms with Crippen LogP contribution in [-0.2, 0) is 23.9 Å². The Kier molecular flexibility index (Phi) is 7.53. The van der Waals surface area contributed by atoms with Gasteiger partial charge in [-0.05, 0) is 32.1 Å². The van der Waals surface area contributed by atoms with E-state index in [4.69, 9.17) is 4.74 Å². The van der Waals surface area contributed by atoms with Gasteiger partial charge in [-0.25, -0.2) is 9.59 Å². The first-order valence-electron chi connectivity index (χ1n) is 9.83. The van der Waals surface area contributed by atoms with Crippen LogP contribution in [0.5, 0.6) is 0 Å². The van der Waals surface area contributed by atoms with Crippen LogP contribution in [0.1, 0.15) is 52.9 Å². The molecule has 2 fully saturated rings. The molecule has 1 aliphatic carbocycles. The average molecular weight is 395 g/mol. The Morgan fingerprint density at radius 3 is 2.18 bits per heavy atom. The van der Waals surface area contributed by atoms with E-state index in [9.17, 15) is 24.0 Å². The van der Waals surface area contributed by atoms with Gasteiger partial charge in [0.05, 0.1) is 11.8 Å². The summed E-state index contributed by atoms with van der Waals surface area (Å²) in [5.74, 6) is -2.60. The zero-order valence-electron chi connectivity index (χ0n) is 16.7. The van der Waals surface area contributed by atoms with Gasteiger partial charge in [-0.15, -0.1) is 0 Å². The highest BCUT2D eigenvalue weighted by Crippen LogP contribution is 2.38. The lowest BCUT2D eigenvalue weighted by Crippen LogP contribution is -2.46. The van der Waals surface area contributed by atoms with Crippen molar-refractivity contribution in [3.8, 4) is 0 Å². The van der Waals surface area contributed by atoms with E-state index in [1.807, 2.05) is 13.8 Å². The molecule has 2 rings (SSSR count). The number of imide groups is 2. The lowest BCUT2D eigenvalue weighted by molar-refractivity contribution is -0.159. The molecule has 0 bridgehead atoms. The molecule has 0 aromatic carbocycles. The molecule has 0 spiro atoms. The number of hydrogen-bond donors (Lipinski definition) is 2. The minimum Gasteiger partial charge on any atom is -0.454 e. The van der Waals surface area contributed by atoms with Crippen LogP contribution in [0.25, 0.3) is 0 Å². The lowest BCUT2D eigenvalue weighted by Gasteiger charge is -2.21. The van der Waals surface area contributed by atoms with Gasteiger partial charge in [-0.3, -0.25) is 24.6 Å². The minimum absolute atomic E-state index is 0.340. The molecule has 0 aromatic heterocycles. The first-order chi connectivity index (χ1) is 13.2. The summed E-state index contributed by atoms with van der Waals surface area (Å²) >= 11 is 0. The molecule has 1 heterocycles. The number of ether oxygens (including phenoxy) is 1. The first-order valence-corrected chi connectivity index (χ1v) is 9.83. The van der Waals surface area contributed by atoms with Crippen LogP contribution < -0.4 is 10.6 Å². The zero-order valence-corrected chi connectivity index (χ0v) is 16.7. The van der Waals surface area contributed by atoms with Gasteiger partial charge in [-0.2, -0.15) is 0 Å². The second kappa shape index (κ2) is 9.66. The maximum atomic E-state index is 12.5. The van der Waals surface area contributed by atoms with Gasteiger partial charge in [0.15, 0.2) is 6.61 Å². The van der Waals surface area contributed by atoms with Crippen molar-refractivity contribution < 1.29 is 28.7 Å². The van der Waals surface area contributed by atoms with Crippen LogP contribution in [-0.4, -0.2) is 53.8 Å². The smallest absolute Gasteiger partial charge is 0.329 e. The van der Waals surface area contributed by atoms with E-state index in [-0.39, 0.29) is 23.7 Å². The van der Waals surface area contributed by atoms with Crippen molar-refractivity contribution in [2.45, 2.75) is 58.9 Å². The van der Waals surface area contributed by atoms with Gasteiger partial charge in [0, 0.05) is 6.54 Å². The van der Waals surface area contributed by atoms with Gasteiger partial charge in [0.25, 0.3) is 5.91 Å². The van der Waals surface area contributed by atoms with Gasteiger partial charge in [-0.1, -0.05) is 26.7 Å². The quantitative estimate of drug-likeness (QED) is 0.489. The third-order valence-electron chi connectivity index (χ3n) is 5.21. The molecule has 2 N–H and O–H groups in total. The third kappa shape index (κ3) is 5.30. The highest BCUT2D eigenvalue weighted by atomic mass is 16.5. The van der Waals surface area contributed by atoms with Crippen LogP contribution in [0.15, 0.2) is 0 Å². The molecule has 0 aromatic rings. The molecule has 9 nitrogen and oxygen atoms in total. The number of rotatable bonds is 7. The number of esters is 1. The van der Waals surface area contributed by atoms with Crippen molar-refractivity contribution in [3.63, 3.8) is 0 Å². The molecule has 2 aliphatic rings. The Labute approximate surface area is 164 Å². The Balaban J connectivity index is 1.79. The predicted molar refractivity (Wildman–Crippen MR) is 98.7 cm³/mol. The van der Waals surface area contributed by atoms with E-state index >= 15 is 0 Å². The normalized spacial score (nSPS) is 22.6. The number of urea groups is 1. The fourth-order valence-corrected chi connectivity index (χ4v) is 3.61. The summed E-state index contributed by atoms with van der Waals surface area (Å²) in [6.07, 6.45) is 3.87. The monoisotopic (exact) mass is 395 g/mol. The molecule has 3 atom stereocenters. The molecule has 0 unspecified atom stereocenters. The number of amides is 5. The molecule has 1 saturated carbocycles. The van der Waals surface area contributed by atoms with Gasteiger partial charge >= 0.3 is 12.0 Å². The fraction of sp³-hybridized carbons (Fsp3) is 0.737. The van der Waals surface area contributed by atoms with E-state index in [0.717, 1.165) is 24.2 Å². The highest BCUT2D eigenvalue weighted by molar-refractivity contribution is 6.08. The Bertz CT molecular complexity index is 624. The standard InChI is InChI=1S/C19H29N3O6/c1-11(2)8-9-20-19(27)21-15(23)10-28-18(26)12(3)22-16(24)13-6-4-5-7-14(13)17(22)25/h11-14H,4-10H2,1-3H3,(H2,20,21,23,27)/t12-,13-,14-/m0/s1. The minimum atomic E-state index is -1.10. The number of fused-ring (bicyclic) bond motifs is 1. The summed E-state index contributed by atoms with van der Waals surface area (Å²) in [4.78, 5) is 61.5. The SMILES string of the molecule is CC(C)CCNC(=O)NC(=O)COC(=O)[C@H](C)N1C(=O)[C@H]2CCCC[C@@H]2C1=O. The van der Waals surface area contributed by atoms with Gasteiger partial charge in [0.1, 0.15) is 6.04 Å². The number of nitrogens with one attached hydrogen (secondary N) is 2. The van der Waals surface area contributed by atoms with E-state index in [1.54, 1.807) is 0 Å². The van der Waals surface area contributed by atoms with Gasteiger partial charge in [0.2, 0.25) is 11.8 Å². The molecule has 156 valence electrons. The molecule has 28 heavy (non-hydrogen) atoms. The number of likely N-dealkylation sites (tertiary alicyclic amines) is 1. The molecular weight excluding hydrogens is 366 g/mol. The maximum absolute atomic E-state index is 12.5. The molecule has 1 saturated heterocycles. The summed E-state index contributed by atoms with van der Waals surface area (Å²) in [5, 5.41) is 4.59. The van der Waals surface area contributed by atoms with Crippen molar-refractivity contribution in [1.29, 1.82) is 0 Å². The molecular formula is C19H29N3O6. The van der Waals surface area contributed by atoms with Crippen molar-refractivity contribution in [2.24, 2.45) is 17.8 Å². The van der Waals surface area contributed by atoms with E-state index < -0.39 is 30.6 Å². The highest BCUT2D eigenvalue weighted by Gasteiger charge is 2.51. The second-order valence-electron chi connectivity index (χ2n) is 7.81. The van der Waals surface area contributed by atoms with E-state index in [0.29, 0.717) is 25.3 Å². The number of carbonyl (C=O) groups excluding carboxylic acids is 5. The number of nitrogens with zero attached hydrogens (tertiary/aromatic N) is 1. The van der Waals surface area contributed by atoms with Crippen LogP contribution in [0.2, 0.25) is 0 Å². The summed E-state index contributed by atoms with van der Waals surface area (Å²) in [6, 6.07) is -1.76. The maximum Gasteiger partial charge on any atom is 0.329 e. The number of hydrogen-bond acceptors (Lipinski definition) is 6. The molecule has 1 aliphatic heterocycles. The fourth-order valence-electron chi connectivity index (χ4n) is 3.61. The Morgan fingerprint density at radius 1 is 1.07 bits per heavy atom. The largest absolute Gasteiger partial charge is 0.454 e. The Hall–Kier alpha value is -2.45. The van der Waals surface area contributed by atoms with Crippen LogP contribution >= 0.6 is 0 Å². The predicted octanol–water partition coefficient (Wildman–Crippen LogP) is 0.965. The van der Waals surface area contributed by atoms with Crippen molar-refractivity contribution in [2.75, 3.05) is 13.2 Å². The van der Waals surface area contributed by atoms with Crippen molar-refractivity contribution in [1.82, 2.24) is 15.5 Å². The number of carbonyl (C=O) groups is 5.